The Hall–Kier alpha value is -0.820. The lowest BCUT2D eigenvalue weighted by Gasteiger charge is -2.43. The SMILES string of the molecule is CC1(c2ccccc2)CC(O)C1. The molecule has 1 N–H and O–H groups in total. The summed E-state index contributed by atoms with van der Waals surface area (Å²) in [6.45, 7) is 2.22. The fourth-order valence-corrected chi connectivity index (χ4v) is 2.06. The molecule has 64 valence electrons. The van der Waals surface area contributed by atoms with Crippen LogP contribution >= 0.6 is 0 Å². The topological polar surface area (TPSA) is 20.2 Å². The van der Waals surface area contributed by atoms with E-state index >= 15 is 0 Å². The fourth-order valence-electron chi connectivity index (χ4n) is 2.06. The maximum atomic E-state index is 9.24. The molecule has 0 saturated heterocycles. The maximum absolute atomic E-state index is 9.24. The van der Waals surface area contributed by atoms with Gasteiger partial charge in [0.1, 0.15) is 0 Å². The molecule has 2 rings (SSSR count). The van der Waals surface area contributed by atoms with Crippen LogP contribution in [0.4, 0.5) is 0 Å². The first-order valence-corrected chi connectivity index (χ1v) is 4.44. The normalized spacial score (nSPS) is 34.3. The fraction of sp³-hybridized carbons (Fsp3) is 0.455. The third-order valence-electron chi connectivity index (χ3n) is 2.84. The van der Waals surface area contributed by atoms with Crippen LogP contribution in [0.25, 0.3) is 0 Å². The van der Waals surface area contributed by atoms with Crippen molar-refractivity contribution in [2.45, 2.75) is 31.3 Å². The number of benzene rings is 1. The van der Waals surface area contributed by atoms with Crippen LogP contribution in [0.1, 0.15) is 25.3 Å². The van der Waals surface area contributed by atoms with Gasteiger partial charge in [-0.05, 0) is 23.8 Å². The van der Waals surface area contributed by atoms with Crippen LogP contribution in [0.2, 0.25) is 0 Å². The Labute approximate surface area is 73.0 Å². The number of rotatable bonds is 1. The Morgan fingerprint density at radius 3 is 2.33 bits per heavy atom. The van der Waals surface area contributed by atoms with Crippen molar-refractivity contribution >= 4 is 0 Å². The van der Waals surface area contributed by atoms with Crippen molar-refractivity contribution in [1.29, 1.82) is 0 Å². The molecule has 0 heterocycles. The number of hydrogen-bond donors (Lipinski definition) is 1. The summed E-state index contributed by atoms with van der Waals surface area (Å²) in [5.74, 6) is 0. The third kappa shape index (κ3) is 1.14. The molecule has 1 fully saturated rings. The first kappa shape index (κ1) is 7.81. The van der Waals surface area contributed by atoms with Crippen molar-refractivity contribution in [2.24, 2.45) is 0 Å². The first-order chi connectivity index (χ1) is 5.71. The van der Waals surface area contributed by atoms with Crippen molar-refractivity contribution in [2.75, 3.05) is 0 Å². The molecule has 1 heteroatoms. The van der Waals surface area contributed by atoms with Gasteiger partial charge in [-0.15, -0.1) is 0 Å². The minimum absolute atomic E-state index is 0.0739. The van der Waals surface area contributed by atoms with Crippen molar-refractivity contribution in [3.63, 3.8) is 0 Å². The number of hydrogen-bond acceptors (Lipinski definition) is 1. The average Bonchev–Trinajstić information content (AvgIpc) is 2.04. The Balaban J connectivity index is 2.21. The van der Waals surface area contributed by atoms with E-state index in [0.717, 1.165) is 12.8 Å². The third-order valence-corrected chi connectivity index (χ3v) is 2.84. The van der Waals surface area contributed by atoms with Crippen LogP contribution in [0, 0.1) is 0 Å². The van der Waals surface area contributed by atoms with Crippen molar-refractivity contribution in [3.8, 4) is 0 Å². The van der Waals surface area contributed by atoms with Crippen molar-refractivity contribution in [1.82, 2.24) is 0 Å². The van der Waals surface area contributed by atoms with Crippen LogP contribution in [0.3, 0.4) is 0 Å². The van der Waals surface area contributed by atoms with Crippen LogP contribution in [-0.2, 0) is 5.41 Å². The molecule has 1 saturated carbocycles. The minimum Gasteiger partial charge on any atom is -0.393 e. The zero-order chi connectivity index (χ0) is 8.60. The lowest BCUT2D eigenvalue weighted by molar-refractivity contribution is 0.0273. The van der Waals surface area contributed by atoms with Gasteiger partial charge in [-0.3, -0.25) is 0 Å². The van der Waals surface area contributed by atoms with Gasteiger partial charge in [0.2, 0.25) is 0 Å². The highest BCUT2D eigenvalue weighted by Crippen LogP contribution is 2.43. The molecule has 1 aromatic rings. The molecule has 1 aliphatic carbocycles. The Bertz CT molecular complexity index is 260. The van der Waals surface area contributed by atoms with E-state index in [4.69, 9.17) is 0 Å². The summed E-state index contributed by atoms with van der Waals surface area (Å²) in [5, 5.41) is 9.24. The minimum atomic E-state index is -0.0739. The molecular formula is C11H14O. The van der Waals surface area contributed by atoms with Crippen LogP contribution < -0.4 is 0 Å². The highest BCUT2D eigenvalue weighted by molar-refractivity contribution is 5.27. The molecule has 1 aliphatic rings. The summed E-state index contributed by atoms with van der Waals surface area (Å²) in [7, 11) is 0. The zero-order valence-electron chi connectivity index (χ0n) is 7.33. The van der Waals surface area contributed by atoms with Gasteiger partial charge in [0.05, 0.1) is 6.10 Å². The molecule has 0 bridgehead atoms. The molecular weight excluding hydrogens is 148 g/mol. The second-order valence-electron chi connectivity index (χ2n) is 3.99. The Morgan fingerprint density at radius 1 is 1.25 bits per heavy atom. The van der Waals surface area contributed by atoms with Crippen LogP contribution in [-0.4, -0.2) is 11.2 Å². The highest BCUT2D eigenvalue weighted by Gasteiger charge is 2.40. The van der Waals surface area contributed by atoms with Gasteiger partial charge in [-0.25, -0.2) is 0 Å². The Morgan fingerprint density at radius 2 is 1.83 bits per heavy atom. The average molecular weight is 162 g/mol. The summed E-state index contributed by atoms with van der Waals surface area (Å²) >= 11 is 0. The van der Waals surface area contributed by atoms with Gasteiger partial charge in [0.15, 0.2) is 0 Å². The second kappa shape index (κ2) is 2.60. The van der Waals surface area contributed by atoms with Crippen LogP contribution in [0.5, 0.6) is 0 Å². The molecule has 12 heavy (non-hydrogen) atoms. The first-order valence-electron chi connectivity index (χ1n) is 4.44. The molecule has 1 nitrogen and oxygen atoms in total. The van der Waals surface area contributed by atoms with E-state index in [1.54, 1.807) is 0 Å². The lowest BCUT2D eigenvalue weighted by Crippen LogP contribution is -2.41. The van der Waals surface area contributed by atoms with E-state index in [9.17, 15) is 5.11 Å². The van der Waals surface area contributed by atoms with Gasteiger partial charge < -0.3 is 5.11 Å². The summed E-state index contributed by atoms with van der Waals surface area (Å²) in [6, 6.07) is 10.4. The quantitative estimate of drug-likeness (QED) is 0.670. The van der Waals surface area contributed by atoms with E-state index in [1.807, 2.05) is 6.07 Å². The summed E-state index contributed by atoms with van der Waals surface area (Å²) in [4.78, 5) is 0. The van der Waals surface area contributed by atoms with Gasteiger partial charge >= 0.3 is 0 Å². The predicted octanol–water partition coefficient (Wildman–Crippen LogP) is 2.10. The van der Waals surface area contributed by atoms with Crippen molar-refractivity contribution < 1.29 is 5.11 Å². The molecule has 0 radical (unpaired) electrons. The zero-order valence-corrected chi connectivity index (χ0v) is 7.33. The molecule has 0 aliphatic heterocycles. The van der Waals surface area contributed by atoms with E-state index in [1.165, 1.54) is 5.56 Å². The van der Waals surface area contributed by atoms with Crippen molar-refractivity contribution in [3.05, 3.63) is 35.9 Å². The molecule has 0 unspecified atom stereocenters. The second-order valence-corrected chi connectivity index (χ2v) is 3.99. The standard InChI is InChI=1S/C11H14O/c1-11(7-10(12)8-11)9-5-3-2-4-6-9/h2-6,10,12H,7-8H2,1H3. The summed E-state index contributed by atoms with van der Waals surface area (Å²) in [5.41, 5.74) is 1.59. The molecule has 0 aromatic heterocycles. The lowest BCUT2D eigenvalue weighted by atomic mass is 9.64. The molecule has 0 atom stereocenters. The van der Waals surface area contributed by atoms with Gasteiger partial charge in [-0.1, -0.05) is 37.3 Å². The summed E-state index contributed by atoms with van der Waals surface area (Å²) in [6.07, 6.45) is 1.75. The molecule has 1 aromatic carbocycles. The van der Waals surface area contributed by atoms with Gasteiger partial charge in [0, 0.05) is 0 Å². The summed E-state index contributed by atoms with van der Waals surface area (Å²) < 4.78 is 0. The number of aliphatic hydroxyl groups is 1. The monoisotopic (exact) mass is 162 g/mol. The predicted molar refractivity (Wildman–Crippen MR) is 49.0 cm³/mol. The van der Waals surface area contributed by atoms with Gasteiger partial charge in [0.25, 0.3) is 0 Å². The number of aliphatic hydroxyl groups excluding tert-OH is 1. The largest absolute Gasteiger partial charge is 0.393 e. The molecule has 0 spiro atoms. The smallest absolute Gasteiger partial charge is 0.0557 e. The van der Waals surface area contributed by atoms with E-state index < -0.39 is 0 Å². The highest BCUT2D eigenvalue weighted by atomic mass is 16.3. The van der Waals surface area contributed by atoms with E-state index in [-0.39, 0.29) is 11.5 Å². The Kier molecular flexibility index (Phi) is 1.69. The molecule has 0 amide bonds. The van der Waals surface area contributed by atoms with E-state index in [0.29, 0.717) is 0 Å². The van der Waals surface area contributed by atoms with Crippen LogP contribution in [0.15, 0.2) is 30.3 Å². The van der Waals surface area contributed by atoms with Gasteiger partial charge in [-0.2, -0.15) is 0 Å². The maximum Gasteiger partial charge on any atom is 0.0557 e. The van der Waals surface area contributed by atoms with E-state index in [2.05, 4.69) is 31.2 Å².